The second kappa shape index (κ2) is 12.8. The summed E-state index contributed by atoms with van der Waals surface area (Å²) in [4.78, 5) is 18.3. The van der Waals surface area contributed by atoms with Crippen molar-refractivity contribution in [2.75, 3.05) is 17.2 Å². The Morgan fingerprint density at radius 2 is 1.80 bits per heavy atom. The predicted octanol–water partition coefficient (Wildman–Crippen LogP) is 7.21. The van der Waals surface area contributed by atoms with Gasteiger partial charge in [0, 0.05) is 17.1 Å². The summed E-state index contributed by atoms with van der Waals surface area (Å²) in [6.07, 6.45) is 3.27. The van der Waals surface area contributed by atoms with E-state index in [4.69, 9.17) is 9.84 Å². The van der Waals surface area contributed by atoms with E-state index in [9.17, 15) is 9.18 Å². The van der Waals surface area contributed by atoms with Crippen molar-refractivity contribution < 1.29 is 13.9 Å². The van der Waals surface area contributed by atoms with E-state index in [1.807, 2.05) is 67.6 Å². The number of nitrogens with zero attached hydrogens (tertiary/aromatic N) is 3. The number of ether oxygens (including phenoxy) is 1. The maximum atomic E-state index is 14.2. The van der Waals surface area contributed by atoms with Crippen LogP contribution in [-0.4, -0.2) is 27.3 Å². The molecule has 1 unspecified atom stereocenters. The number of hydrogen-bond acceptors (Lipinski definition) is 6. The summed E-state index contributed by atoms with van der Waals surface area (Å²) in [7, 11) is 0. The van der Waals surface area contributed by atoms with Gasteiger partial charge in [-0.3, -0.25) is 4.79 Å². The van der Waals surface area contributed by atoms with Crippen LogP contribution in [0.4, 0.5) is 16.0 Å². The standard InChI is InChI=1S/C31H32FN5O2S/c1-3-4-10-19-39-25-17-15-22(16-18-25)28-27(29(38)34-24-12-6-5-7-13-24)21(2)33-30-35-31(36-37(28)30)40-20-23-11-8-9-14-26(23)32/h5-9,11-18,28H,3-4,10,19-20H2,1-2H3,(H,34,38)(H,33,35,36). The van der Waals surface area contributed by atoms with Crippen molar-refractivity contribution in [2.45, 2.75) is 50.1 Å². The Morgan fingerprint density at radius 1 is 1.05 bits per heavy atom. The average molecular weight is 558 g/mol. The van der Waals surface area contributed by atoms with Crippen molar-refractivity contribution in [1.29, 1.82) is 0 Å². The van der Waals surface area contributed by atoms with Crippen LogP contribution in [-0.2, 0) is 10.5 Å². The van der Waals surface area contributed by atoms with Crippen molar-refractivity contribution in [3.63, 3.8) is 0 Å². The van der Waals surface area contributed by atoms with Gasteiger partial charge >= 0.3 is 0 Å². The fourth-order valence-corrected chi connectivity index (χ4v) is 5.38. The molecular formula is C31H32FN5O2S. The molecule has 1 aliphatic heterocycles. The number of benzene rings is 3. The van der Waals surface area contributed by atoms with Crippen molar-refractivity contribution in [3.8, 4) is 5.75 Å². The summed E-state index contributed by atoms with van der Waals surface area (Å²) < 4.78 is 21.8. The molecule has 0 spiro atoms. The smallest absolute Gasteiger partial charge is 0.255 e. The van der Waals surface area contributed by atoms with Gasteiger partial charge in [0.25, 0.3) is 5.91 Å². The highest BCUT2D eigenvalue weighted by atomic mass is 32.2. The van der Waals surface area contributed by atoms with Crippen LogP contribution in [0.3, 0.4) is 0 Å². The normalized spacial score (nSPS) is 14.4. The van der Waals surface area contributed by atoms with Gasteiger partial charge in [-0.1, -0.05) is 80.1 Å². The minimum atomic E-state index is -0.524. The van der Waals surface area contributed by atoms with Gasteiger partial charge in [0.15, 0.2) is 0 Å². The number of thioether (sulfide) groups is 1. The Morgan fingerprint density at radius 3 is 2.55 bits per heavy atom. The first kappa shape index (κ1) is 27.5. The average Bonchev–Trinajstić information content (AvgIpc) is 3.37. The second-order valence-electron chi connectivity index (χ2n) is 9.55. The quantitative estimate of drug-likeness (QED) is 0.150. The third-order valence-electron chi connectivity index (χ3n) is 6.64. The first-order valence-electron chi connectivity index (χ1n) is 13.4. The summed E-state index contributed by atoms with van der Waals surface area (Å²) in [5, 5.41) is 11.5. The van der Waals surface area contributed by atoms with Gasteiger partial charge in [-0.05, 0) is 54.8 Å². The molecule has 2 heterocycles. The van der Waals surface area contributed by atoms with Crippen LogP contribution in [0.25, 0.3) is 0 Å². The van der Waals surface area contributed by atoms with Crippen LogP contribution in [0.5, 0.6) is 5.75 Å². The first-order valence-corrected chi connectivity index (χ1v) is 14.4. The van der Waals surface area contributed by atoms with Crippen molar-refractivity contribution >= 4 is 29.3 Å². The Hall–Kier alpha value is -4.11. The molecule has 40 heavy (non-hydrogen) atoms. The van der Waals surface area contributed by atoms with Gasteiger partial charge in [0.1, 0.15) is 17.6 Å². The molecule has 4 aromatic rings. The minimum Gasteiger partial charge on any atom is -0.494 e. The Kier molecular flexibility index (Phi) is 8.81. The van der Waals surface area contributed by atoms with Crippen LogP contribution in [0.1, 0.15) is 50.3 Å². The highest BCUT2D eigenvalue weighted by molar-refractivity contribution is 7.98. The monoisotopic (exact) mass is 557 g/mol. The van der Waals surface area contributed by atoms with Gasteiger partial charge in [-0.2, -0.15) is 4.98 Å². The minimum absolute atomic E-state index is 0.234. The van der Waals surface area contributed by atoms with Crippen molar-refractivity contribution in [2.24, 2.45) is 0 Å². The van der Waals surface area contributed by atoms with Crippen molar-refractivity contribution in [3.05, 3.63) is 107 Å². The van der Waals surface area contributed by atoms with Gasteiger partial charge in [0.05, 0.1) is 12.2 Å². The molecule has 0 bridgehead atoms. The molecule has 1 amide bonds. The highest BCUT2D eigenvalue weighted by Gasteiger charge is 2.34. The maximum Gasteiger partial charge on any atom is 0.255 e. The molecule has 0 saturated heterocycles. The summed E-state index contributed by atoms with van der Waals surface area (Å²) >= 11 is 1.35. The number of nitrogens with one attached hydrogen (secondary N) is 2. The van der Waals surface area contributed by atoms with Gasteiger partial charge < -0.3 is 15.4 Å². The van der Waals surface area contributed by atoms with Crippen LogP contribution >= 0.6 is 11.8 Å². The Labute approximate surface area is 237 Å². The number of anilines is 2. The number of rotatable bonds is 11. The number of unbranched alkanes of at least 4 members (excludes halogenated alkanes) is 2. The SMILES string of the molecule is CCCCCOc1ccc(C2C(C(=O)Nc3ccccc3)=C(C)Nc3nc(SCc4ccccc4F)nn32)cc1. The number of aromatic nitrogens is 3. The van der Waals surface area contributed by atoms with E-state index >= 15 is 0 Å². The lowest BCUT2D eigenvalue weighted by Crippen LogP contribution is -2.31. The van der Waals surface area contributed by atoms with Crippen LogP contribution in [0, 0.1) is 5.82 Å². The zero-order chi connectivity index (χ0) is 27.9. The number of carbonyl (C=O) groups is 1. The van der Waals surface area contributed by atoms with E-state index in [1.54, 1.807) is 16.8 Å². The molecule has 7 nitrogen and oxygen atoms in total. The fourth-order valence-electron chi connectivity index (χ4n) is 4.56. The first-order chi connectivity index (χ1) is 19.5. The largest absolute Gasteiger partial charge is 0.494 e. The summed E-state index contributed by atoms with van der Waals surface area (Å²) in [6, 6.07) is 23.3. The van der Waals surface area contributed by atoms with Gasteiger partial charge in [-0.25, -0.2) is 9.07 Å². The second-order valence-corrected chi connectivity index (χ2v) is 10.5. The zero-order valence-corrected chi connectivity index (χ0v) is 23.4. The lowest BCUT2D eigenvalue weighted by Gasteiger charge is -2.28. The van der Waals surface area contributed by atoms with E-state index in [2.05, 4.69) is 22.5 Å². The molecule has 5 rings (SSSR count). The van der Waals surface area contributed by atoms with Crippen LogP contribution < -0.4 is 15.4 Å². The van der Waals surface area contributed by atoms with Crippen LogP contribution in [0.2, 0.25) is 0 Å². The number of allylic oxidation sites excluding steroid dienone is 1. The third kappa shape index (κ3) is 6.37. The summed E-state index contributed by atoms with van der Waals surface area (Å²) in [5.41, 5.74) is 3.37. The predicted molar refractivity (Wildman–Crippen MR) is 157 cm³/mol. The number of para-hydroxylation sites is 1. The number of hydrogen-bond donors (Lipinski definition) is 2. The molecular weight excluding hydrogens is 525 g/mol. The van der Waals surface area contributed by atoms with Gasteiger partial charge in [-0.15, -0.1) is 5.10 Å². The van der Waals surface area contributed by atoms with E-state index in [0.717, 1.165) is 30.6 Å². The third-order valence-corrected chi connectivity index (χ3v) is 7.52. The van der Waals surface area contributed by atoms with E-state index in [1.165, 1.54) is 17.8 Å². The molecule has 2 N–H and O–H groups in total. The summed E-state index contributed by atoms with van der Waals surface area (Å²) in [5.74, 6) is 1.20. The fraction of sp³-hybridized carbons (Fsp3) is 0.258. The molecule has 9 heteroatoms. The van der Waals surface area contributed by atoms with E-state index < -0.39 is 6.04 Å². The summed E-state index contributed by atoms with van der Waals surface area (Å²) in [6.45, 7) is 4.69. The molecule has 0 saturated carbocycles. The van der Waals surface area contributed by atoms with Crippen LogP contribution in [0.15, 0.2) is 95.3 Å². The molecule has 1 atom stereocenters. The number of fused-ring (bicyclic) bond motifs is 1. The zero-order valence-electron chi connectivity index (χ0n) is 22.6. The maximum absolute atomic E-state index is 14.2. The van der Waals surface area contributed by atoms with Gasteiger partial charge in [0.2, 0.25) is 11.1 Å². The number of halogens is 1. The van der Waals surface area contributed by atoms with E-state index in [-0.39, 0.29) is 11.7 Å². The Bertz CT molecular complexity index is 1490. The molecule has 0 radical (unpaired) electrons. The molecule has 1 aromatic heterocycles. The lowest BCUT2D eigenvalue weighted by molar-refractivity contribution is -0.113. The topological polar surface area (TPSA) is 81.1 Å². The highest BCUT2D eigenvalue weighted by Crippen LogP contribution is 2.37. The molecule has 1 aliphatic rings. The number of amides is 1. The molecule has 0 fully saturated rings. The Balaban J connectivity index is 1.44. The van der Waals surface area contributed by atoms with Crippen molar-refractivity contribution in [1.82, 2.24) is 14.8 Å². The lowest BCUT2D eigenvalue weighted by atomic mass is 9.95. The van der Waals surface area contributed by atoms with E-state index in [0.29, 0.717) is 46.0 Å². The molecule has 3 aromatic carbocycles. The number of carbonyl (C=O) groups excluding carboxylic acids is 1. The molecule has 0 aliphatic carbocycles. The molecule has 206 valence electrons.